The lowest BCUT2D eigenvalue weighted by Crippen LogP contribution is -2.54. The Bertz CT molecular complexity index is 993. The summed E-state index contributed by atoms with van der Waals surface area (Å²) in [6.07, 6.45) is 1.01. The molecule has 0 aliphatic heterocycles. The Morgan fingerprint density at radius 3 is 2.75 bits per heavy atom. The van der Waals surface area contributed by atoms with Crippen molar-refractivity contribution in [2.45, 2.75) is 57.7 Å². The largest absolute Gasteiger partial charge is 0.390 e. The minimum atomic E-state index is -0.725. The fraction of sp³-hybridized carbons (Fsp3) is 0.429. The summed E-state index contributed by atoms with van der Waals surface area (Å²) in [4.78, 5) is 24.8. The first kappa shape index (κ1) is 19.8. The van der Waals surface area contributed by atoms with E-state index < -0.39 is 5.60 Å². The molecule has 7 heteroatoms. The maximum Gasteiger partial charge on any atom is 0.267 e. The van der Waals surface area contributed by atoms with Crippen molar-refractivity contribution in [1.29, 1.82) is 5.26 Å². The van der Waals surface area contributed by atoms with Gasteiger partial charge in [0.25, 0.3) is 5.56 Å². The van der Waals surface area contributed by atoms with Crippen LogP contribution in [0.3, 0.4) is 0 Å². The van der Waals surface area contributed by atoms with Crippen LogP contribution in [0, 0.1) is 11.3 Å². The maximum absolute atomic E-state index is 12.6. The number of carbonyl (C=O) groups excluding carboxylic acids is 1. The van der Waals surface area contributed by atoms with Crippen LogP contribution in [0.4, 0.5) is 0 Å². The van der Waals surface area contributed by atoms with Crippen LogP contribution < -0.4 is 10.9 Å². The third-order valence-corrected chi connectivity index (χ3v) is 4.91. The van der Waals surface area contributed by atoms with Gasteiger partial charge >= 0.3 is 0 Å². The van der Waals surface area contributed by atoms with Gasteiger partial charge in [-0.1, -0.05) is 26.0 Å². The molecule has 1 aromatic heterocycles. The molecule has 1 aromatic carbocycles. The van der Waals surface area contributed by atoms with Crippen LogP contribution in [0.25, 0.3) is 11.1 Å². The lowest BCUT2D eigenvalue weighted by molar-refractivity contribution is -0.125. The number of nitriles is 1. The number of aliphatic hydroxyl groups is 1. The Balaban J connectivity index is 1.86. The van der Waals surface area contributed by atoms with E-state index >= 15 is 0 Å². The van der Waals surface area contributed by atoms with Crippen LogP contribution in [0.2, 0.25) is 0 Å². The summed E-state index contributed by atoms with van der Waals surface area (Å²) in [6, 6.07) is 10.5. The van der Waals surface area contributed by atoms with Crippen molar-refractivity contribution >= 4 is 5.91 Å². The summed E-state index contributed by atoms with van der Waals surface area (Å²) in [5.41, 5.74) is 1.51. The van der Waals surface area contributed by atoms with Gasteiger partial charge in [0.05, 0.1) is 22.9 Å². The van der Waals surface area contributed by atoms with E-state index in [4.69, 9.17) is 5.26 Å². The highest BCUT2D eigenvalue weighted by molar-refractivity contribution is 5.76. The zero-order valence-electron chi connectivity index (χ0n) is 16.3. The molecular formula is C21H24N4O3. The third kappa shape index (κ3) is 4.29. The molecular weight excluding hydrogens is 356 g/mol. The first-order valence-corrected chi connectivity index (χ1v) is 9.33. The summed E-state index contributed by atoms with van der Waals surface area (Å²) in [5, 5.41) is 26.1. The van der Waals surface area contributed by atoms with E-state index in [0.29, 0.717) is 29.7 Å². The first-order chi connectivity index (χ1) is 13.2. The smallest absolute Gasteiger partial charge is 0.267 e. The van der Waals surface area contributed by atoms with Crippen molar-refractivity contribution in [2.75, 3.05) is 0 Å². The Kier molecular flexibility index (Phi) is 5.34. The van der Waals surface area contributed by atoms with Gasteiger partial charge in [-0.05, 0) is 43.4 Å². The van der Waals surface area contributed by atoms with Gasteiger partial charge in [-0.15, -0.1) is 0 Å². The van der Waals surface area contributed by atoms with Gasteiger partial charge in [0.2, 0.25) is 5.91 Å². The molecule has 0 radical (unpaired) electrons. The fourth-order valence-corrected chi connectivity index (χ4v) is 3.55. The van der Waals surface area contributed by atoms with Gasteiger partial charge < -0.3 is 10.4 Å². The molecule has 3 rings (SSSR count). The Morgan fingerprint density at radius 2 is 2.14 bits per heavy atom. The number of rotatable bonds is 5. The second kappa shape index (κ2) is 7.56. The van der Waals surface area contributed by atoms with E-state index in [-0.39, 0.29) is 30.0 Å². The molecule has 1 saturated carbocycles. The number of nitrogens with zero attached hydrogens (tertiary/aromatic N) is 3. The zero-order chi connectivity index (χ0) is 20.5. The van der Waals surface area contributed by atoms with E-state index in [1.165, 1.54) is 10.7 Å². The maximum atomic E-state index is 12.6. The van der Waals surface area contributed by atoms with Crippen LogP contribution in [0.15, 0.2) is 35.1 Å². The van der Waals surface area contributed by atoms with Crippen LogP contribution in [0.1, 0.15) is 50.8 Å². The van der Waals surface area contributed by atoms with Crippen LogP contribution in [-0.4, -0.2) is 32.4 Å². The summed E-state index contributed by atoms with van der Waals surface area (Å²) in [5.74, 6) is -0.276. The molecule has 1 heterocycles. The predicted octanol–water partition coefficient (Wildman–Crippen LogP) is 1.93. The fourth-order valence-electron chi connectivity index (χ4n) is 3.55. The highest BCUT2D eigenvalue weighted by Crippen LogP contribution is 2.31. The van der Waals surface area contributed by atoms with Crippen molar-refractivity contribution < 1.29 is 9.90 Å². The van der Waals surface area contributed by atoms with E-state index in [2.05, 4.69) is 16.5 Å². The van der Waals surface area contributed by atoms with E-state index in [1.54, 1.807) is 25.1 Å². The van der Waals surface area contributed by atoms with Gasteiger partial charge in [-0.3, -0.25) is 9.59 Å². The van der Waals surface area contributed by atoms with Crippen molar-refractivity contribution in [1.82, 2.24) is 15.1 Å². The number of carbonyl (C=O) groups is 1. The number of hydrogen-bond acceptors (Lipinski definition) is 5. The summed E-state index contributed by atoms with van der Waals surface area (Å²) in [7, 11) is 0. The van der Waals surface area contributed by atoms with E-state index in [1.807, 2.05) is 19.9 Å². The minimum absolute atomic E-state index is 0.0254. The minimum Gasteiger partial charge on any atom is -0.390 e. The van der Waals surface area contributed by atoms with Crippen molar-refractivity contribution in [3.05, 3.63) is 51.9 Å². The first-order valence-electron chi connectivity index (χ1n) is 9.33. The van der Waals surface area contributed by atoms with Crippen molar-refractivity contribution in [3.63, 3.8) is 0 Å². The van der Waals surface area contributed by atoms with Gasteiger partial charge in [0.1, 0.15) is 6.54 Å². The van der Waals surface area contributed by atoms with Crippen LogP contribution in [0.5, 0.6) is 0 Å². The molecule has 0 unspecified atom stereocenters. The second-order valence-corrected chi connectivity index (χ2v) is 7.96. The quantitative estimate of drug-likeness (QED) is 0.824. The van der Waals surface area contributed by atoms with Crippen LogP contribution in [-0.2, 0) is 11.3 Å². The van der Waals surface area contributed by atoms with Crippen LogP contribution >= 0.6 is 0 Å². The summed E-state index contributed by atoms with van der Waals surface area (Å²) in [6.45, 7) is 5.49. The molecule has 0 atom stereocenters. The van der Waals surface area contributed by atoms with E-state index in [0.717, 1.165) is 5.56 Å². The molecule has 0 bridgehead atoms. The standard InChI is InChI=1S/C21H24N4O3/c1-13(2)20-17(15-6-4-5-14(7-15)11-22)8-19(27)25(24-20)12-18(26)23-16-9-21(3,28)10-16/h4-8,13,16,28H,9-10,12H2,1-3H3,(H,23,26)/t16-,21-. The monoisotopic (exact) mass is 380 g/mol. The molecule has 2 N–H and O–H groups in total. The molecule has 7 nitrogen and oxygen atoms in total. The second-order valence-electron chi connectivity index (χ2n) is 7.96. The lowest BCUT2D eigenvalue weighted by Gasteiger charge is -2.41. The Labute approximate surface area is 163 Å². The predicted molar refractivity (Wildman–Crippen MR) is 105 cm³/mol. The number of benzene rings is 1. The number of hydrogen-bond donors (Lipinski definition) is 2. The van der Waals surface area contributed by atoms with Gasteiger partial charge in [-0.25, -0.2) is 4.68 Å². The molecule has 1 aliphatic carbocycles. The summed E-state index contributed by atoms with van der Waals surface area (Å²) < 4.78 is 1.17. The number of nitrogens with one attached hydrogen (secondary N) is 1. The Morgan fingerprint density at radius 1 is 1.43 bits per heavy atom. The highest BCUT2D eigenvalue weighted by Gasteiger charge is 2.39. The molecule has 0 spiro atoms. The number of amides is 1. The van der Waals surface area contributed by atoms with Crippen molar-refractivity contribution in [2.24, 2.45) is 0 Å². The van der Waals surface area contributed by atoms with Gasteiger partial charge in [0, 0.05) is 17.7 Å². The van der Waals surface area contributed by atoms with Crippen molar-refractivity contribution in [3.8, 4) is 17.2 Å². The molecule has 146 valence electrons. The van der Waals surface area contributed by atoms with E-state index in [9.17, 15) is 14.7 Å². The number of aromatic nitrogens is 2. The topological polar surface area (TPSA) is 108 Å². The average molecular weight is 380 g/mol. The Hall–Kier alpha value is -2.98. The SMILES string of the molecule is CC(C)c1nn(CC(=O)N[C@H]2C[C@](C)(O)C2)c(=O)cc1-c1cccc(C#N)c1. The normalized spacial score (nSPS) is 21.1. The van der Waals surface area contributed by atoms with Gasteiger partial charge in [-0.2, -0.15) is 10.4 Å². The lowest BCUT2D eigenvalue weighted by atomic mass is 9.77. The molecule has 1 amide bonds. The summed E-state index contributed by atoms with van der Waals surface area (Å²) >= 11 is 0. The molecule has 1 fully saturated rings. The highest BCUT2D eigenvalue weighted by atomic mass is 16.3. The molecule has 28 heavy (non-hydrogen) atoms. The molecule has 2 aromatic rings. The average Bonchev–Trinajstić information content (AvgIpc) is 2.61. The molecule has 0 saturated heterocycles. The zero-order valence-corrected chi connectivity index (χ0v) is 16.3. The molecule has 1 aliphatic rings. The van der Waals surface area contributed by atoms with Gasteiger partial charge in [0.15, 0.2) is 0 Å². The third-order valence-electron chi connectivity index (χ3n) is 4.91.